The van der Waals surface area contributed by atoms with Gasteiger partial charge in [-0.3, -0.25) is 4.40 Å². The van der Waals surface area contributed by atoms with E-state index in [-0.39, 0.29) is 0 Å². The maximum absolute atomic E-state index is 5.87. The molecule has 0 atom stereocenters. The predicted octanol–water partition coefficient (Wildman–Crippen LogP) is 1.75. The first-order valence-electron chi connectivity index (χ1n) is 4.57. The van der Waals surface area contributed by atoms with Gasteiger partial charge < -0.3 is 5.32 Å². The van der Waals surface area contributed by atoms with E-state index in [9.17, 15) is 0 Å². The average Bonchev–Trinajstić information content (AvgIpc) is 2.57. The van der Waals surface area contributed by atoms with Crippen molar-refractivity contribution in [3.63, 3.8) is 0 Å². The number of nitrogens with zero attached hydrogens (tertiary/aromatic N) is 2. The molecule has 3 nitrogen and oxygen atoms in total. The minimum Gasteiger partial charge on any atom is -0.319 e. The zero-order valence-electron chi connectivity index (χ0n) is 8.00. The number of nitrogens with one attached hydrogen (secondary N) is 1. The second-order valence-electron chi connectivity index (χ2n) is 3.21. The van der Waals surface area contributed by atoms with Crippen LogP contribution in [0.15, 0.2) is 24.5 Å². The number of rotatable bonds is 3. The van der Waals surface area contributed by atoms with Crippen LogP contribution < -0.4 is 5.32 Å². The monoisotopic (exact) mass is 209 g/mol. The van der Waals surface area contributed by atoms with Gasteiger partial charge in [0.15, 0.2) is 0 Å². The summed E-state index contributed by atoms with van der Waals surface area (Å²) in [6.45, 7) is 0.984. The lowest BCUT2D eigenvalue weighted by atomic mass is 10.2. The fourth-order valence-corrected chi connectivity index (χ4v) is 1.64. The summed E-state index contributed by atoms with van der Waals surface area (Å²) in [5, 5.41) is 3.64. The van der Waals surface area contributed by atoms with Crippen LogP contribution in [-0.2, 0) is 6.42 Å². The fraction of sp³-hybridized carbons (Fsp3) is 0.300. The van der Waals surface area contributed by atoms with E-state index in [0.717, 1.165) is 18.5 Å². The molecule has 0 aliphatic rings. The molecule has 0 spiro atoms. The topological polar surface area (TPSA) is 29.3 Å². The molecule has 0 radical (unpaired) electrons. The lowest BCUT2D eigenvalue weighted by molar-refractivity contribution is 0.791. The predicted molar refractivity (Wildman–Crippen MR) is 57.8 cm³/mol. The molecule has 2 heterocycles. The van der Waals surface area contributed by atoms with Gasteiger partial charge in [0.05, 0.1) is 11.7 Å². The lowest BCUT2D eigenvalue weighted by Gasteiger charge is -2.01. The quantitative estimate of drug-likeness (QED) is 0.835. The Morgan fingerprint density at radius 3 is 3.21 bits per heavy atom. The molecule has 0 fully saturated rings. The number of halogens is 1. The van der Waals surface area contributed by atoms with Gasteiger partial charge in [-0.2, -0.15) is 0 Å². The summed E-state index contributed by atoms with van der Waals surface area (Å²) in [7, 11) is 1.95. The van der Waals surface area contributed by atoms with E-state index in [1.807, 2.05) is 17.6 Å². The number of fused-ring (bicyclic) bond motifs is 1. The van der Waals surface area contributed by atoms with E-state index in [1.54, 1.807) is 6.20 Å². The van der Waals surface area contributed by atoms with E-state index in [0.29, 0.717) is 5.28 Å². The van der Waals surface area contributed by atoms with E-state index >= 15 is 0 Å². The van der Waals surface area contributed by atoms with Crippen LogP contribution in [0.5, 0.6) is 0 Å². The van der Waals surface area contributed by atoms with Crippen LogP contribution in [0, 0.1) is 0 Å². The van der Waals surface area contributed by atoms with Crippen LogP contribution >= 0.6 is 11.6 Å². The third kappa shape index (κ3) is 1.74. The number of hydrogen-bond donors (Lipinski definition) is 1. The minimum absolute atomic E-state index is 0.514. The van der Waals surface area contributed by atoms with Crippen molar-refractivity contribution in [2.45, 2.75) is 6.42 Å². The molecule has 4 heteroatoms. The van der Waals surface area contributed by atoms with Crippen LogP contribution in [0.4, 0.5) is 0 Å². The fourth-order valence-electron chi connectivity index (χ4n) is 1.44. The Balaban J connectivity index is 2.32. The van der Waals surface area contributed by atoms with E-state index in [4.69, 9.17) is 11.6 Å². The van der Waals surface area contributed by atoms with Crippen molar-refractivity contribution in [2.75, 3.05) is 13.6 Å². The molecule has 0 aliphatic heterocycles. The summed E-state index contributed by atoms with van der Waals surface area (Å²) in [5.41, 5.74) is 2.34. The molecule has 0 bridgehead atoms. The van der Waals surface area contributed by atoms with Crippen molar-refractivity contribution in [1.29, 1.82) is 0 Å². The molecule has 0 unspecified atom stereocenters. The standard InChI is InChI=1S/C10H12ClN3/c1-12-4-2-8-3-5-14-9(6-8)7-13-10(14)11/h3,5-7,12H,2,4H2,1H3. The number of imidazole rings is 1. The first-order chi connectivity index (χ1) is 6.81. The summed E-state index contributed by atoms with van der Waals surface area (Å²) < 4.78 is 1.87. The van der Waals surface area contributed by atoms with E-state index in [2.05, 4.69) is 22.4 Å². The van der Waals surface area contributed by atoms with Gasteiger partial charge in [0.1, 0.15) is 0 Å². The van der Waals surface area contributed by atoms with Gasteiger partial charge >= 0.3 is 0 Å². The molecule has 2 aromatic heterocycles. The van der Waals surface area contributed by atoms with Crippen molar-refractivity contribution < 1.29 is 0 Å². The van der Waals surface area contributed by atoms with Gasteiger partial charge in [-0.1, -0.05) is 0 Å². The largest absolute Gasteiger partial charge is 0.319 e. The molecule has 74 valence electrons. The SMILES string of the molecule is CNCCc1ccn2c(Cl)ncc2c1. The molecule has 0 aromatic carbocycles. The van der Waals surface area contributed by atoms with Crippen molar-refractivity contribution in [1.82, 2.24) is 14.7 Å². The van der Waals surface area contributed by atoms with Crippen LogP contribution in [0.3, 0.4) is 0 Å². The minimum atomic E-state index is 0.514. The van der Waals surface area contributed by atoms with Gasteiger partial charge in [0.25, 0.3) is 0 Å². The Bertz CT molecular complexity index is 436. The second kappa shape index (κ2) is 3.98. The molecule has 1 N–H and O–H groups in total. The third-order valence-electron chi connectivity index (χ3n) is 2.21. The highest BCUT2D eigenvalue weighted by Crippen LogP contribution is 2.13. The molecular formula is C10H12ClN3. The first-order valence-corrected chi connectivity index (χ1v) is 4.95. The van der Waals surface area contributed by atoms with Crippen LogP contribution in [0.25, 0.3) is 5.52 Å². The summed E-state index contributed by atoms with van der Waals surface area (Å²) >= 11 is 5.87. The zero-order chi connectivity index (χ0) is 9.97. The van der Waals surface area contributed by atoms with Crippen molar-refractivity contribution in [2.24, 2.45) is 0 Å². The molecular weight excluding hydrogens is 198 g/mol. The van der Waals surface area contributed by atoms with Crippen LogP contribution in [-0.4, -0.2) is 23.0 Å². The molecule has 14 heavy (non-hydrogen) atoms. The number of hydrogen-bond acceptors (Lipinski definition) is 2. The average molecular weight is 210 g/mol. The van der Waals surface area contributed by atoms with Crippen molar-refractivity contribution in [3.05, 3.63) is 35.4 Å². The van der Waals surface area contributed by atoms with Gasteiger partial charge in [-0.05, 0) is 49.3 Å². The summed E-state index contributed by atoms with van der Waals surface area (Å²) in [6.07, 6.45) is 4.76. The molecule has 0 saturated heterocycles. The third-order valence-corrected chi connectivity index (χ3v) is 2.49. The molecule has 0 amide bonds. The Morgan fingerprint density at radius 1 is 1.57 bits per heavy atom. The summed E-state index contributed by atoms with van der Waals surface area (Å²) in [4.78, 5) is 4.03. The van der Waals surface area contributed by atoms with Gasteiger partial charge in [0.2, 0.25) is 5.28 Å². The number of likely N-dealkylation sites (N-methyl/N-ethyl adjacent to an activating group) is 1. The number of aromatic nitrogens is 2. The highest BCUT2D eigenvalue weighted by atomic mass is 35.5. The Morgan fingerprint density at radius 2 is 2.43 bits per heavy atom. The molecule has 2 rings (SSSR count). The highest BCUT2D eigenvalue weighted by Gasteiger charge is 2.00. The van der Waals surface area contributed by atoms with Crippen molar-refractivity contribution >= 4 is 17.1 Å². The smallest absolute Gasteiger partial charge is 0.207 e. The normalized spacial score (nSPS) is 11.0. The van der Waals surface area contributed by atoms with Crippen LogP contribution in [0.1, 0.15) is 5.56 Å². The summed E-state index contributed by atoms with van der Waals surface area (Å²) in [6, 6.07) is 4.17. The Kier molecular flexibility index (Phi) is 2.70. The molecule has 0 aliphatic carbocycles. The molecule has 0 saturated carbocycles. The van der Waals surface area contributed by atoms with Gasteiger partial charge in [-0.15, -0.1) is 0 Å². The van der Waals surface area contributed by atoms with Crippen molar-refractivity contribution in [3.8, 4) is 0 Å². The highest BCUT2D eigenvalue weighted by molar-refractivity contribution is 6.28. The maximum atomic E-state index is 5.87. The lowest BCUT2D eigenvalue weighted by Crippen LogP contribution is -2.10. The molecule has 2 aromatic rings. The summed E-state index contributed by atoms with van der Waals surface area (Å²) in [5.74, 6) is 0. The Labute approximate surface area is 87.7 Å². The second-order valence-corrected chi connectivity index (χ2v) is 3.55. The zero-order valence-corrected chi connectivity index (χ0v) is 8.75. The maximum Gasteiger partial charge on any atom is 0.207 e. The van der Waals surface area contributed by atoms with Crippen LogP contribution in [0.2, 0.25) is 5.28 Å². The van der Waals surface area contributed by atoms with E-state index in [1.165, 1.54) is 5.56 Å². The van der Waals surface area contributed by atoms with E-state index < -0.39 is 0 Å². The number of pyridine rings is 1. The van der Waals surface area contributed by atoms with Gasteiger partial charge in [0, 0.05) is 6.20 Å². The first kappa shape index (κ1) is 9.49. The van der Waals surface area contributed by atoms with Gasteiger partial charge in [-0.25, -0.2) is 4.98 Å². The Hall–Kier alpha value is -1.06.